The summed E-state index contributed by atoms with van der Waals surface area (Å²) in [5.74, 6) is 1.22. The highest BCUT2D eigenvalue weighted by Gasteiger charge is 2.18. The molecule has 0 N–H and O–H groups in total. The number of para-hydroxylation sites is 2. The Kier molecular flexibility index (Phi) is 3.80. The summed E-state index contributed by atoms with van der Waals surface area (Å²) in [5.41, 5.74) is 3.33. The van der Waals surface area contributed by atoms with Gasteiger partial charge in [-0.1, -0.05) is 12.1 Å². The van der Waals surface area contributed by atoms with Gasteiger partial charge in [0, 0.05) is 18.7 Å². The smallest absolute Gasteiger partial charge is 0.204 e. The summed E-state index contributed by atoms with van der Waals surface area (Å²) in [6.07, 6.45) is 0. The normalized spacial score (nSPS) is 11.3. The minimum atomic E-state index is -0.270. The van der Waals surface area contributed by atoms with Crippen molar-refractivity contribution in [2.75, 3.05) is 18.0 Å². The summed E-state index contributed by atoms with van der Waals surface area (Å²) in [6.45, 7) is 5.84. The van der Waals surface area contributed by atoms with Gasteiger partial charge in [0.05, 0.1) is 11.0 Å². The van der Waals surface area contributed by atoms with E-state index in [1.165, 1.54) is 12.1 Å². The van der Waals surface area contributed by atoms with E-state index in [2.05, 4.69) is 28.9 Å². The van der Waals surface area contributed by atoms with E-state index >= 15 is 0 Å². The largest absolute Gasteiger partial charge is 0.354 e. The Morgan fingerprint density at radius 1 is 0.960 bits per heavy atom. The van der Waals surface area contributed by atoms with E-state index in [1.54, 1.807) is 12.1 Å². The molecule has 0 aliphatic heterocycles. The summed E-state index contributed by atoms with van der Waals surface area (Å²) in [5, 5.41) is 8.78. The molecular weight excluding hydrogens is 317 g/mol. The number of nitrogens with zero attached hydrogens (tertiary/aromatic N) is 5. The maximum atomic E-state index is 13.3. The first-order valence-electron chi connectivity index (χ1n) is 8.37. The molecule has 0 atom stereocenters. The molecule has 0 spiro atoms. The van der Waals surface area contributed by atoms with E-state index < -0.39 is 0 Å². The summed E-state index contributed by atoms with van der Waals surface area (Å²) < 4.78 is 15.3. The minimum absolute atomic E-state index is 0.270. The molecule has 25 heavy (non-hydrogen) atoms. The van der Waals surface area contributed by atoms with E-state index in [0.29, 0.717) is 11.5 Å². The number of benzene rings is 2. The predicted molar refractivity (Wildman–Crippen MR) is 97.2 cm³/mol. The van der Waals surface area contributed by atoms with Gasteiger partial charge in [0.1, 0.15) is 5.82 Å². The second kappa shape index (κ2) is 6.12. The van der Waals surface area contributed by atoms with Crippen molar-refractivity contribution in [2.24, 2.45) is 0 Å². The standard InChI is InChI=1S/C19H18FN5/c1-3-24(4-2)18-19-23-22-17(13-9-11-14(20)12-10-13)25(19)16-8-6-5-7-15(16)21-18/h5-12H,3-4H2,1-2H3. The molecule has 4 rings (SSSR count). The third kappa shape index (κ3) is 2.50. The average molecular weight is 335 g/mol. The summed E-state index contributed by atoms with van der Waals surface area (Å²) in [6, 6.07) is 14.2. The van der Waals surface area contributed by atoms with Gasteiger partial charge in [0.25, 0.3) is 0 Å². The molecule has 0 unspecified atom stereocenters. The third-order valence-electron chi connectivity index (χ3n) is 4.38. The van der Waals surface area contributed by atoms with Crippen LogP contribution in [-0.2, 0) is 0 Å². The van der Waals surface area contributed by atoms with Gasteiger partial charge in [-0.25, -0.2) is 9.37 Å². The molecule has 0 radical (unpaired) electrons. The lowest BCUT2D eigenvalue weighted by Crippen LogP contribution is -2.24. The Bertz CT molecular complexity index is 1030. The van der Waals surface area contributed by atoms with Crippen molar-refractivity contribution in [3.05, 3.63) is 54.3 Å². The number of fused-ring (bicyclic) bond motifs is 3. The molecule has 126 valence electrons. The Morgan fingerprint density at radius 2 is 1.68 bits per heavy atom. The number of aromatic nitrogens is 4. The monoisotopic (exact) mass is 335 g/mol. The van der Waals surface area contributed by atoms with Gasteiger partial charge in [0.15, 0.2) is 11.6 Å². The average Bonchev–Trinajstić information content (AvgIpc) is 3.09. The van der Waals surface area contributed by atoms with E-state index in [-0.39, 0.29) is 5.82 Å². The van der Waals surface area contributed by atoms with Crippen molar-refractivity contribution in [1.82, 2.24) is 19.6 Å². The van der Waals surface area contributed by atoms with Crippen LogP contribution in [0.15, 0.2) is 48.5 Å². The highest BCUT2D eigenvalue weighted by Crippen LogP contribution is 2.28. The van der Waals surface area contributed by atoms with Crippen LogP contribution in [0.3, 0.4) is 0 Å². The summed E-state index contributed by atoms with van der Waals surface area (Å²) in [4.78, 5) is 6.97. The number of rotatable bonds is 4. The second-order valence-corrected chi connectivity index (χ2v) is 5.79. The van der Waals surface area contributed by atoms with Crippen LogP contribution in [-0.4, -0.2) is 32.7 Å². The van der Waals surface area contributed by atoms with E-state index in [0.717, 1.165) is 35.5 Å². The molecule has 2 aromatic heterocycles. The Balaban J connectivity index is 2.08. The Labute approximate surface area is 144 Å². The van der Waals surface area contributed by atoms with Crippen molar-refractivity contribution >= 4 is 22.5 Å². The molecule has 5 nitrogen and oxygen atoms in total. The van der Waals surface area contributed by atoms with E-state index in [9.17, 15) is 4.39 Å². The molecule has 0 saturated heterocycles. The lowest BCUT2D eigenvalue weighted by Gasteiger charge is -2.20. The minimum Gasteiger partial charge on any atom is -0.354 e. The molecule has 6 heteroatoms. The van der Waals surface area contributed by atoms with Crippen molar-refractivity contribution in [3.8, 4) is 11.4 Å². The molecule has 2 heterocycles. The van der Waals surface area contributed by atoms with Crippen LogP contribution in [0.1, 0.15) is 13.8 Å². The topological polar surface area (TPSA) is 46.3 Å². The highest BCUT2D eigenvalue weighted by molar-refractivity contribution is 5.85. The first-order valence-corrected chi connectivity index (χ1v) is 8.37. The number of anilines is 1. The van der Waals surface area contributed by atoms with Crippen LogP contribution < -0.4 is 4.90 Å². The highest BCUT2D eigenvalue weighted by atomic mass is 19.1. The lowest BCUT2D eigenvalue weighted by atomic mass is 10.2. The fraction of sp³-hybridized carbons (Fsp3) is 0.211. The molecular formula is C19H18FN5. The van der Waals surface area contributed by atoms with Crippen LogP contribution >= 0.6 is 0 Å². The van der Waals surface area contributed by atoms with Crippen LogP contribution in [0.5, 0.6) is 0 Å². The maximum absolute atomic E-state index is 13.3. The second-order valence-electron chi connectivity index (χ2n) is 5.79. The van der Waals surface area contributed by atoms with Gasteiger partial charge in [0.2, 0.25) is 5.65 Å². The molecule has 0 saturated carbocycles. The van der Waals surface area contributed by atoms with Crippen LogP contribution in [0.25, 0.3) is 28.1 Å². The summed E-state index contributed by atoms with van der Waals surface area (Å²) in [7, 11) is 0. The number of hydrogen-bond acceptors (Lipinski definition) is 4. The number of hydrogen-bond donors (Lipinski definition) is 0. The molecule has 0 amide bonds. The fourth-order valence-electron chi connectivity index (χ4n) is 3.09. The number of halogens is 1. The molecule has 0 bridgehead atoms. The van der Waals surface area contributed by atoms with Crippen LogP contribution in [0.4, 0.5) is 10.2 Å². The lowest BCUT2D eigenvalue weighted by molar-refractivity contribution is 0.628. The first-order chi connectivity index (χ1) is 12.2. The Morgan fingerprint density at radius 3 is 2.40 bits per heavy atom. The summed E-state index contributed by atoms with van der Waals surface area (Å²) >= 11 is 0. The molecule has 2 aromatic carbocycles. The van der Waals surface area contributed by atoms with E-state index in [4.69, 9.17) is 4.98 Å². The van der Waals surface area contributed by atoms with Crippen molar-refractivity contribution in [2.45, 2.75) is 13.8 Å². The van der Waals surface area contributed by atoms with E-state index in [1.807, 2.05) is 28.7 Å². The van der Waals surface area contributed by atoms with Gasteiger partial charge in [-0.2, -0.15) is 0 Å². The SMILES string of the molecule is CCN(CC)c1nc2ccccc2n2c(-c3ccc(F)cc3)nnc12. The van der Waals surface area contributed by atoms with Gasteiger partial charge in [-0.15, -0.1) is 10.2 Å². The zero-order chi connectivity index (χ0) is 17.4. The maximum Gasteiger partial charge on any atom is 0.204 e. The van der Waals surface area contributed by atoms with Crippen molar-refractivity contribution < 1.29 is 4.39 Å². The third-order valence-corrected chi connectivity index (χ3v) is 4.38. The van der Waals surface area contributed by atoms with Crippen LogP contribution in [0.2, 0.25) is 0 Å². The molecule has 0 aliphatic carbocycles. The van der Waals surface area contributed by atoms with Crippen molar-refractivity contribution in [1.29, 1.82) is 0 Å². The quantitative estimate of drug-likeness (QED) is 0.567. The first kappa shape index (κ1) is 15.5. The molecule has 0 fully saturated rings. The Hall–Kier alpha value is -3.02. The van der Waals surface area contributed by atoms with Gasteiger partial charge >= 0.3 is 0 Å². The predicted octanol–water partition coefficient (Wildman–Crippen LogP) is 3.93. The van der Waals surface area contributed by atoms with Crippen LogP contribution in [0, 0.1) is 5.82 Å². The molecule has 4 aromatic rings. The van der Waals surface area contributed by atoms with Crippen molar-refractivity contribution in [3.63, 3.8) is 0 Å². The fourth-order valence-corrected chi connectivity index (χ4v) is 3.09. The molecule has 0 aliphatic rings. The van der Waals surface area contributed by atoms with Gasteiger partial charge in [-0.3, -0.25) is 4.40 Å². The zero-order valence-electron chi connectivity index (χ0n) is 14.1. The van der Waals surface area contributed by atoms with Gasteiger partial charge < -0.3 is 4.90 Å². The zero-order valence-corrected chi connectivity index (χ0v) is 14.1. The van der Waals surface area contributed by atoms with Gasteiger partial charge in [-0.05, 0) is 50.2 Å².